The van der Waals surface area contributed by atoms with Gasteiger partial charge in [0.25, 0.3) is 5.91 Å². The number of carbonyl (C=O) groups excluding carboxylic acids is 1. The first-order valence-electron chi connectivity index (χ1n) is 12.8. The van der Waals surface area contributed by atoms with Crippen molar-refractivity contribution in [3.05, 3.63) is 113 Å². The van der Waals surface area contributed by atoms with Crippen molar-refractivity contribution in [2.45, 2.75) is 29.1 Å². The normalized spacial score (nSPS) is 12.0. The molecule has 0 bridgehead atoms. The van der Waals surface area contributed by atoms with Crippen LogP contribution in [0.5, 0.6) is 11.5 Å². The van der Waals surface area contributed by atoms with E-state index in [4.69, 9.17) is 16.0 Å². The molecule has 218 valence electrons. The minimum Gasteiger partial charge on any atom is -0.497 e. The van der Waals surface area contributed by atoms with E-state index < -0.39 is 21.8 Å². The lowest BCUT2D eigenvalue weighted by atomic mass is 10.1. The number of amides is 1. The number of nitrogens with one attached hydrogen (secondary N) is 1. The van der Waals surface area contributed by atoms with Crippen LogP contribution in [0.25, 0.3) is 15.1 Å². The number of carbonyl (C=O) groups is 1. The summed E-state index contributed by atoms with van der Waals surface area (Å²) in [6, 6.07) is 21.4. The van der Waals surface area contributed by atoms with Gasteiger partial charge in [-0.05, 0) is 65.7 Å². The van der Waals surface area contributed by atoms with Crippen molar-refractivity contribution in [2.75, 3.05) is 12.4 Å². The van der Waals surface area contributed by atoms with E-state index in [0.717, 1.165) is 11.3 Å². The van der Waals surface area contributed by atoms with Gasteiger partial charge in [-0.15, -0.1) is 0 Å². The molecule has 5 rings (SSSR count). The number of aliphatic hydroxyl groups excluding tert-OH is 2. The predicted molar refractivity (Wildman–Crippen MR) is 161 cm³/mol. The van der Waals surface area contributed by atoms with E-state index in [0.29, 0.717) is 32.8 Å². The van der Waals surface area contributed by atoms with E-state index in [1.807, 2.05) is 0 Å². The molecule has 3 N–H and O–H groups in total. The number of fused-ring (bicyclic) bond motifs is 1. The third-order valence-electron chi connectivity index (χ3n) is 6.60. The third-order valence-corrected chi connectivity index (χ3v) is 9.38. The van der Waals surface area contributed by atoms with Gasteiger partial charge in [-0.25, -0.2) is 18.2 Å². The number of aromatic nitrogens is 1. The summed E-state index contributed by atoms with van der Waals surface area (Å²) in [5.41, 5.74) is 2.03. The Bertz CT molecular complexity index is 1890. The quantitative estimate of drug-likeness (QED) is 0.177. The van der Waals surface area contributed by atoms with Gasteiger partial charge in [0.2, 0.25) is 15.9 Å². The number of sulfone groups is 1. The number of methoxy groups -OCH3 is 1. The third kappa shape index (κ3) is 6.20. The first kappa shape index (κ1) is 29.7. The van der Waals surface area contributed by atoms with Crippen LogP contribution in [0.1, 0.15) is 22.8 Å². The topological polar surface area (TPSA) is 139 Å². The number of aliphatic hydroxyl groups is 2. The van der Waals surface area contributed by atoms with Gasteiger partial charge in [-0.1, -0.05) is 41.7 Å². The molecule has 1 amide bonds. The van der Waals surface area contributed by atoms with Gasteiger partial charge in [0, 0.05) is 5.56 Å². The largest absolute Gasteiger partial charge is 0.497 e. The van der Waals surface area contributed by atoms with Crippen molar-refractivity contribution < 1.29 is 32.9 Å². The maximum Gasteiger partial charge on any atom is 0.272 e. The summed E-state index contributed by atoms with van der Waals surface area (Å²) in [7, 11) is -2.62. The molecule has 1 unspecified atom stereocenters. The van der Waals surface area contributed by atoms with Crippen molar-refractivity contribution in [2.24, 2.45) is 0 Å². The zero-order valence-electron chi connectivity index (χ0n) is 22.7. The van der Waals surface area contributed by atoms with Crippen LogP contribution in [-0.4, -0.2) is 36.6 Å². The fourth-order valence-electron chi connectivity index (χ4n) is 4.40. The maximum absolute atomic E-state index is 13.9. The number of ether oxygens (including phenoxy) is 2. The minimum absolute atomic E-state index is 0.00636. The van der Waals surface area contributed by atoms with Crippen molar-refractivity contribution in [3.8, 4) is 11.5 Å². The van der Waals surface area contributed by atoms with Gasteiger partial charge in [0.15, 0.2) is 10.8 Å². The van der Waals surface area contributed by atoms with Gasteiger partial charge in [0.1, 0.15) is 11.5 Å². The highest BCUT2D eigenvalue weighted by Crippen LogP contribution is 2.34. The van der Waals surface area contributed by atoms with E-state index >= 15 is 0 Å². The smallest absolute Gasteiger partial charge is 0.272 e. The average Bonchev–Trinajstić information content (AvgIpc) is 3.44. The number of hydrogen-bond acceptors (Lipinski definition) is 9. The van der Waals surface area contributed by atoms with Gasteiger partial charge in [-0.2, -0.15) is 0 Å². The molecule has 0 saturated carbocycles. The second kappa shape index (κ2) is 12.6. The predicted octanol–water partition coefficient (Wildman–Crippen LogP) is 5.43. The average molecular weight is 616 g/mol. The molecular weight excluding hydrogens is 590 g/mol. The highest BCUT2D eigenvalue weighted by Gasteiger charge is 2.31. The van der Waals surface area contributed by atoms with Crippen molar-refractivity contribution in [3.63, 3.8) is 0 Å². The van der Waals surface area contributed by atoms with Gasteiger partial charge < -0.3 is 19.7 Å². The van der Waals surface area contributed by atoms with Crippen molar-refractivity contribution in [1.82, 2.24) is 4.98 Å². The Labute approximate surface area is 251 Å². The molecule has 0 aliphatic rings. The molecule has 5 aromatic rings. The molecule has 0 spiro atoms. The van der Waals surface area contributed by atoms with E-state index in [9.17, 15) is 23.4 Å². The van der Waals surface area contributed by atoms with Crippen LogP contribution in [0.4, 0.5) is 10.8 Å². The van der Waals surface area contributed by atoms with Crippen LogP contribution >= 0.6 is 11.3 Å². The number of nitrogens with zero attached hydrogens (tertiary/aromatic N) is 2. The summed E-state index contributed by atoms with van der Waals surface area (Å²) in [6.45, 7) is 6.64. The van der Waals surface area contributed by atoms with E-state index in [-0.39, 0.29) is 39.4 Å². The molecule has 10 nitrogen and oxygen atoms in total. The Morgan fingerprint density at radius 3 is 2.28 bits per heavy atom. The zero-order valence-corrected chi connectivity index (χ0v) is 24.4. The molecule has 4 aromatic carbocycles. The Hall–Kier alpha value is -4.80. The molecule has 43 heavy (non-hydrogen) atoms. The molecule has 0 aliphatic heterocycles. The molecule has 12 heteroatoms. The SMILES string of the molecule is [C-]#[N+]c1ccc(OC(C(=O)Nc2nc3cc(CO)c(CO)cc3s2)c2ccccc2S(=O)(=O)c2ccc(OC)cc2)cc1. The first-order valence-corrected chi connectivity index (χ1v) is 15.1. The fourth-order valence-corrected chi connectivity index (χ4v) is 6.80. The van der Waals surface area contributed by atoms with Gasteiger partial charge in [0.05, 0.1) is 46.9 Å². The molecule has 0 saturated heterocycles. The summed E-state index contributed by atoms with van der Waals surface area (Å²) in [4.78, 5) is 21.6. The van der Waals surface area contributed by atoms with Crippen LogP contribution in [0.15, 0.2) is 94.7 Å². The molecule has 0 aliphatic carbocycles. The van der Waals surface area contributed by atoms with E-state index in [1.54, 1.807) is 24.3 Å². The summed E-state index contributed by atoms with van der Waals surface area (Å²) < 4.78 is 39.5. The van der Waals surface area contributed by atoms with Crippen LogP contribution < -0.4 is 14.8 Å². The minimum atomic E-state index is -4.10. The lowest BCUT2D eigenvalue weighted by Crippen LogP contribution is -2.27. The molecule has 0 radical (unpaired) electrons. The monoisotopic (exact) mass is 615 g/mol. The zero-order chi connectivity index (χ0) is 30.6. The summed E-state index contributed by atoms with van der Waals surface area (Å²) >= 11 is 1.15. The van der Waals surface area contributed by atoms with E-state index in [2.05, 4.69) is 15.1 Å². The summed E-state index contributed by atoms with van der Waals surface area (Å²) in [5.74, 6) is 0.0490. The maximum atomic E-state index is 13.9. The van der Waals surface area contributed by atoms with Crippen molar-refractivity contribution in [1.29, 1.82) is 0 Å². The number of anilines is 1. The highest BCUT2D eigenvalue weighted by molar-refractivity contribution is 7.91. The summed E-state index contributed by atoms with van der Waals surface area (Å²) in [6.07, 6.45) is -1.43. The van der Waals surface area contributed by atoms with Crippen LogP contribution in [0.3, 0.4) is 0 Å². The first-order chi connectivity index (χ1) is 20.8. The number of rotatable bonds is 10. The van der Waals surface area contributed by atoms with Gasteiger partial charge >= 0.3 is 0 Å². The standard InChI is InChI=1S/C31H25N3O7S2/c1-32-21-7-9-23(10-8-21)41-29(30(37)34-31-33-26-15-19(17-35)20(18-36)16-27(26)42-31)25-5-3-4-6-28(25)43(38,39)24-13-11-22(40-2)12-14-24/h3-16,29,35-36H,17-18H2,2H3,(H,33,34,37). The second-order valence-electron chi connectivity index (χ2n) is 9.23. The number of hydrogen-bond donors (Lipinski definition) is 3. The molecule has 1 aromatic heterocycles. The lowest BCUT2D eigenvalue weighted by molar-refractivity contribution is -0.123. The summed E-state index contributed by atoms with van der Waals surface area (Å²) in [5, 5.41) is 22.2. The second-order valence-corrected chi connectivity index (χ2v) is 12.2. The lowest BCUT2D eigenvalue weighted by Gasteiger charge is -2.21. The molecular formula is C31H25N3O7S2. The number of thiazole rings is 1. The molecule has 1 atom stereocenters. The number of benzene rings is 4. The Morgan fingerprint density at radius 2 is 1.63 bits per heavy atom. The van der Waals surface area contributed by atoms with Crippen LogP contribution in [0, 0.1) is 6.57 Å². The Morgan fingerprint density at radius 1 is 0.977 bits per heavy atom. The van der Waals surface area contributed by atoms with Crippen LogP contribution in [0.2, 0.25) is 0 Å². The fraction of sp³-hybridized carbons (Fsp3) is 0.129. The van der Waals surface area contributed by atoms with E-state index in [1.165, 1.54) is 67.8 Å². The van der Waals surface area contributed by atoms with Gasteiger partial charge in [-0.3, -0.25) is 10.1 Å². The highest BCUT2D eigenvalue weighted by atomic mass is 32.2. The molecule has 0 fully saturated rings. The van der Waals surface area contributed by atoms with Crippen molar-refractivity contribution >= 4 is 48.1 Å². The Kier molecular flexibility index (Phi) is 8.70. The van der Waals surface area contributed by atoms with Crippen LogP contribution in [-0.2, 0) is 27.8 Å². The molecule has 1 heterocycles. The Balaban J connectivity index is 1.56.